The van der Waals surface area contributed by atoms with E-state index in [0.29, 0.717) is 0 Å². The van der Waals surface area contributed by atoms with E-state index in [-0.39, 0.29) is 12.3 Å². The quantitative estimate of drug-likeness (QED) is 0.449. The minimum atomic E-state index is -0.706. The normalized spacial score (nSPS) is 12.3. The number of hydrogen-bond acceptors (Lipinski definition) is 2. The number of carbonyl (C=O) groups is 2. The molecule has 0 spiro atoms. The highest BCUT2D eigenvalue weighted by atomic mass is 16.4. The highest BCUT2D eigenvalue weighted by Crippen LogP contribution is 2.13. The van der Waals surface area contributed by atoms with Gasteiger partial charge in [0.1, 0.15) is 6.29 Å². The fraction of sp³-hybridized carbons (Fsp3) is 0.833. The van der Waals surface area contributed by atoms with E-state index in [9.17, 15) is 9.59 Å². The second-order valence-corrected chi connectivity index (χ2v) is 4.00. The van der Waals surface area contributed by atoms with Crippen molar-refractivity contribution in [2.24, 2.45) is 5.92 Å². The summed E-state index contributed by atoms with van der Waals surface area (Å²) in [6.07, 6.45) is 8.30. The topological polar surface area (TPSA) is 54.4 Å². The first-order valence-corrected chi connectivity index (χ1v) is 5.87. The van der Waals surface area contributed by atoms with E-state index in [1.54, 1.807) is 0 Å². The maximum atomic E-state index is 10.5. The molecule has 1 unspecified atom stereocenters. The number of aldehydes is 1. The number of carboxylic acids is 1. The van der Waals surface area contributed by atoms with Crippen LogP contribution in [-0.2, 0) is 9.59 Å². The average Bonchev–Trinajstić information content (AvgIpc) is 2.22. The first-order valence-electron chi connectivity index (χ1n) is 5.87. The van der Waals surface area contributed by atoms with Crippen molar-refractivity contribution in [1.82, 2.24) is 0 Å². The number of carbonyl (C=O) groups excluding carboxylic acids is 1. The van der Waals surface area contributed by atoms with Crippen LogP contribution >= 0.6 is 0 Å². The van der Waals surface area contributed by atoms with Crippen molar-refractivity contribution in [3.63, 3.8) is 0 Å². The van der Waals surface area contributed by atoms with Gasteiger partial charge in [0.2, 0.25) is 0 Å². The van der Waals surface area contributed by atoms with Crippen molar-refractivity contribution >= 4 is 12.3 Å². The Morgan fingerprint density at radius 3 is 2.33 bits per heavy atom. The Hall–Kier alpha value is -0.860. The van der Waals surface area contributed by atoms with Crippen molar-refractivity contribution in [1.29, 1.82) is 0 Å². The molecule has 0 aromatic heterocycles. The summed E-state index contributed by atoms with van der Waals surface area (Å²) in [5.74, 6) is -0.481. The van der Waals surface area contributed by atoms with E-state index in [1.165, 1.54) is 0 Å². The summed E-state index contributed by atoms with van der Waals surface area (Å²) < 4.78 is 0. The van der Waals surface area contributed by atoms with Crippen LogP contribution in [0.5, 0.6) is 0 Å². The molecule has 0 aliphatic carbocycles. The van der Waals surface area contributed by atoms with Gasteiger partial charge in [-0.15, -0.1) is 0 Å². The number of carboxylic acid groups (broad SMARTS) is 1. The predicted octanol–water partition coefficient (Wildman–Crippen LogP) is 3.03. The summed E-state index contributed by atoms with van der Waals surface area (Å²) in [5, 5.41) is 8.41. The monoisotopic (exact) mass is 214 g/mol. The Bertz CT molecular complexity index is 178. The molecule has 15 heavy (non-hydrogen) atoms. The lowest BCUT2D eigenvalue weighted by atomic mass is 9.99. The number of aliphatic carboxylic acids is 1. The second-order valence-electron chi connectivity index (χ2n) is 4.00. The smallest absolute Gasteiger partial charge is 0.303 e. The largest absolute Gasteiger partial charge is 0.481 e. The van der Waals surface area contributed by atoms with Crippen molar-refractivity contribution in [3.8, 4) is 0 Å². The van der Waals surface area contributed by atoms with Gasteiger partial charge in [-0.05, 0) is 19.3 Å². The summed E-state index contributed by atoms with van der Waals surface area (Å²) in [6, 6.07) is 0. The third kappa shape index (κ3) is 9.44. The van der Waals surface area contributed by atoms with Gasteiger partial charge in [-0.2, -0.15) is 0 Å². The number of rotatable bonds is 10. The summed E-state index contributed by atoms with van der Waals surface area (Å²) in [7, 11) is 0. The summed E-state index contributed by atoms with van der Waals surface area (Å²) >= 11 is 0. The standard InChI is InChI=1S/C12H22O3/c1-2-11(10-13)8-6-4-3-5-7-9-12(14)15/h10-11H,2-9H2,1H3,(H,14,15). The van der Waals surface area contributed by atoms with Gasteiger partial charge in [0.15, 0.2) is 0 Å². The molecule has 1 atom stereocenters. The summed E-state index contributed by atoms with van der Waals surface area (Å²) in [5.41, 5.74) is 0. The van der Waals surface area contributed by atoms with Crippen LogP contribution in [0.15, 0.2) is 0 Å². The van der Waals surface area contributed by atoms with Crippen LogP contribution in [0, 0.1) is 5.92 Å². The highest BCUT2D eigenvalue weighted by Gasteiger charge is 2.03. The Kier molecular flexibility index (Phi) is 9.13. The number of unbranched alkanes of at least 4 members (excludes halogenated alkanes) is 4. The molecule has 0 rings (SSSR count). The van der Waals surface area contributed by atoms with Gasteiger partial charge in [-0.25, -0.2) is 0 Å². The molecule has 88 valence electrons. The molecule has 0 saturated carbocycles. The fourth-order valence-electron chi connectivity index (χ4n) is 1.58. The molecule has 0 saturated heterocycles. The summed E-state index contributed by atoms with van der Waals surface area (Å²) in [4.78, 5) is 20.7. The molecule has 0 fully saturated rings. The molecular weight excluding hydrogens is 192 g/mol. The molecule has 0 aliphatic heterocycles. The van der Waals surface area contributed by atoms with Gasteiger partial charge in [-0.3, -0.25) is 4.79 Å². The molecule has 0 heterocycles. The molecule has 0 aromatic carbocycles. The SMILES string of the molecule is CCC(C=O)CCCCCCCC(=O)O. The minimum Gasteiger partial charge on any atom is -0.481 e. The van der Waals surface area contributed by atoms with E-state index in [4.69, 9.17) is 5.11 Å². The van der Waals surface area contributed by atoms with Gasteiger partial charge in [-0.1, -0.05) is 32.6 Å². The van der Waals surface area contributed by atoms with E-state index in [0.717, 1.165) is 51.2 Å². The Morgan fingerprint density at radius 2 is 1.80 bits per heavy atom. The maximum absolute atomic E-state index is 10.5. The third-order valence-corrected chi connectivity index (χ3v) is 2.68. The van der Waals surface area contributed by atoms with E-state index in [1.807, 2.05) is 6.92 Å². The second kappa shape index (κ2) is 9.69. The number of hydrogen-bond donors (Lipinski definition) is 1. The van der Waals surface area contributed by atoms with Crippen molar-refractivity contribution < 1.29 is 14.7 Å². The van der Waals surface area contributed by atoms with Gasteiger partial charge in [0.25, 0.3) is 0 Å². The Morgan fingerprint density at radius 1 is 1.20 bits per heavy atom. The van der Waals surface area contributed by atoms with Crippen LogP contribution < -0.4 is 0 Å². The molecule has 0 radical (unpaired) electrons. The molecule has 0 aromatic rings. The lowest BCUT2D eigenvalue weighted by Gasteiger charge is -2.05. The Balaban J connectivity index is 3.17. The molecule has 3 heteroatoms. The van der Waals surface area contributed by atoms with Crippen molar-refractivity contribution in [2.75, 3.05) is 0 Å². The average molecular weight is 214 g/mol. The zero-order valence-electron chi connectivity index (χ0n) is 9.58. The van der Waals surface area contributed by atoms with Gasteiger partial charge in [0.05, 0.1) is 0 Å². The molecule has 3 nitrogen and oxygen atoms in total. The molecule has 0 aliphatic rings. The van der Waals surface area contributed by atoms with Gasteiger partial charge >= 0.3 is 5.97 Å². The van der Waals surface area contributed by atoms with Crippen LogP contribution in [0.4, 0.5) is 0 Å². The minimum absolute atomic E-state index is 0.226. The van der Waals surface area contributed by atoms with Crippen LogP contribution in [-0.4, -0.2) is 17.4 Å². The van der Waals surface area contributed by atoms with Crippen molar-refractivity contribution in [2.45, 2.75) is 58.3 Å². The van der Waals surface area contributed by atoms with Crippen LogP contribution in [0.3, 0.4) is 0 Å². The predicted molar refractivity (Wildman–Crippen MR) is 59.8 cm³/mol. The third-order valence-electron chi connectivity index (χ3n) is 2.68. The summed E-state index contributed by atoms with van der Waals surface area (Å²) in [6.45, 7) is 2.03. The van der Waals surface area contributed by atoms with E-state index in [2.05, 4.69) is 0 Å². The molecule has 1 N–H and O–H groups in total. The van der Waals surface area contributed by atoms with E-state index < -0.39 is 5.97 Å². The van der Waals surface area contributed by atoms with Crippen LogP contribution in [0.2, 0.25) is 0 Å². The maximum Gasteiger partial charge on any atom is 0.303 e. The Labute approximate surface area is 91.9 Å². The first-order chi connectivity index (χ1) is 7.20. The lowest BCUT2D eigenvalue weighted by Crippen LogP contribution is -1.99. The zero-order chi connectivity index (χ0) is 11.5. The van der Waals surface area contributed by atoms with Gasteiger partial charge < -0.3 is 9.90 Å². The fourth-order valence-corrected chi connectivity index (χ4v) is 1.58. The molecular formula is C12H22O3. The lowest BCUT2D eigenvalue weighted by molar-refractivity contribution is -0.137. The molecule has 0 bridgehead atoms. The van der Waals surface area contributed by atoms with Gasteiger partial charge in [0, 0.05) is 12.3 Å². The van der Waals surface area contributed by atoms with Crippen LogP contribution in [0.1, 0.15) is 58.3 Å². The van der Waals surface area contributed by atoms with E-state index >= 15 is 0 Å². The van der Waals surface area contributed by atoms with Crippen molar-refractivity contribution in [3.05, 3.63) is 0 Å². The highest BCUT2D eigenvalue weighted by molar-refractivity contribution is 5.66. The molecule has 0 amide bonds. The first kappa shape index (κ1) is 14.1. The van der Waals surface area contributed by atoms with Crippen LogP contribution in [0.25, 0.3) is 0 Å². The zero-order valence-corrected chi connectivity index (χ0v) is 9.58.